The van der Waals surface area contributed by atoms with E-state index in [4.69, 9.17) is 5.11 Å². The number of carboxylic acids is 1. The molecule has 0 aliphatic heterocycles. The fourth-order valence-electron chi connectivity index (χ4n) is 1.49. The van der Waals surface area contributed by atoms with E-state index in [-0.39, 0.29) is 6.42 Å². The SMILES string of the molecule is Cc1nnc(NC(=O)Nc2ccc(CC(=O)O)cc2)s1. The Balaban J connectivity index is 1.92. The van der Waals surface area contributed by atoms with E-state index in [1.54, 1.807) is 31.2 Å². The van der Waals surface area contributed by atoms with E-state index >= 15 is 0 Å². The van der Waals surface area contributed by atoms with E-state index in [1.807, 2.05) is 0 Å². The van der Waals surface area contributed by atoms with Gasteiger partial charge in [-0.2, -0.15) is 0 Å². The number of carbonyl (C=O) groups is 2. The molecule has 2 aromatic rings. The van der Waals surface area contributed by atoms with Crippen molar-refractivity contribution < 1.29 is 14.7 Å². The Morgan fingerprint density at radius 1 is 1.20 bits per heavy atom. The maximum atomic E-state index is 11.7. The molecule has 0 aliphatic carbocycles. The van der Waals surface area contributed by atoms with Gasteiger partial charge in [0.05, 0.1) is 6.42 Å². The van der Waals surface area contributed by atoms with Crippen LogP contribution in [-0.2, 0) is 11.2 Å². The Kier molecular flexibility index (Phi) is 4.26. The molecule has 0 saturated heterocycles. The standard InChI is InChI=1S/C12H12N4O3S/c1-7-15-16-12(20-7)14-11(19)13-9-4-2-8(3-5-9)6-10(17)18/h2-5H,6H2,1H3,(H,17,18)(H2,13,14,16,19). The lowest BCUT2D eigenvalue weighted by molar-refractivity contribution is -0.136. The third-order valence-electron chi connectivity index (χ3n) is 2.31. The van der Waals surface area contributed by atoms with Crippen LogP contribution >= 0.6 is 11.3 Å². The molecule has 1 aromatic heterocycles. The average Bonchev–Trinajstić information content (AvgIpc) is 2.76. The monoisotopic (exact) mass is 292 g/mol. The fraction of sp³-hybridized carbons (Fsp3) is 0.167. The molecule has 104 valence electrons. The molecule has 0 fully saturated rings. The van der Waals surface area contributed by atoms with Gasteiger partial charge in [0.1, 0.15) is 5.01 Å². The molecule has 0 radical (unpaired) electrons. The van der Waals surface area contributed by atoms with Gasteiger partial charge in [0.2, 0.25) is 5.13 Å². The van der Waals surface area contributed by atoms with Gasteiger partial charge in [0.25, 0.3) is 0 Å². The van der Waals surface area contributed by atoms with Crippen LogP contribution in [0.2, 0.25) is 0 Å². The maximum Gasteiger partial charge on any atom is 0.325 e. The van der Waals surface area contributed by atoms with Crippen LogP contribution in [0.3, 0.4) is 0 Å². The molecule has 0 bridgehead atoms. The number of aromatic nitrogens is 2. The normalized spacial score (nSPS) is 10.1. The summed E-state index contributed by atoms with van der Waals surface area (Å²) in [6, 6.07) is 6.16. The molecule has 1 heterocycles. The first kappa shape index (κ1) is 13.9. The van der Waals surface area contributed by atoms with Gasteiger partial charge < -0.3 is 10.4 Å². The largest absolute Gasteiger partial charge is 0.481 e. The Hall–Kier alpha value is -2.48. The molecular formula is C12H12N4O3S. The molecule has 0 atom stereocenters. The lowest BCUT2D eigenvalue weighted by atomic mass is 10.1. The van der Waals surface area contributed by atoms with Crippen molar-refractivity contribution in [2.24, 2.45) is 0 Å². The summed E-state index contributed by atoms with van der Waals surface area (Å²) >= 11 is 1.28. The van der Waals surface area contributed by atoms with E-state index in [2.05, 4.69) is 20.8 Å². The number of hydrogen-bond donors (Lipinski definition) is 3. The first-order valence-electron chi connectivity index (χ1n) is 5.72. The minimum Gasteiger partial charge on any atom is -0.481 e. The first-order valence-corrected chi connectivity index (χ1v) is 6.53. The molecule has 0 unspecified atom stereocenters. The number of nitrogens with one attached hydrogen (secondary N) is 2. The molecule has 2 rings (SSSR count). The van der Waals surface area contributed by atoms with Gasteiger partial charge in [-0.3, -0.25) is 10.1 Å². The van der Waals surface area contributed by atoms with E-state index in [0.717, 1.165) is 5.01 Å². The molecule has 2 amide bonds. The highest BCUT2D eigenvalue weighted by Crippen LogP contribution is 2.15. The number of hydrogen-bond acceptors (Lipinski definition) is 5. The molecule has 20 heavy (non-hydrogen) atoms. The summed E-state index contributed by atoms with van der Waals surface area (Å²) in [6.45, 7) is 1.79. The number of nitrogens with zero attached hydrogens (tertiary/aromatic N) is 2. The number of amides is 2. The van der Waals surface area contributed by atoms with Gasteiger partial charge in [-0.1, -0.05) is 23.5 Å². The van der Waals surface area contributed by atoms with Crippen LogP contribution in [0.4, 0.5) is 15.6 Å². The summed E-state index contributed by atoms with van der Waals surface area (Å²) in [5.74, 6) is -0.893. The van der Waals surface area contributed by atoms with Gasteiger partial charge in [-0.05, 0) is 24.6 Å². The highest BCUT2D eigenvalue weighted by Gasteiger charge is 2.07. The molecule has 3 N–H and O–H groups in total. The third-order valence-corrected chi connectivity index (χ3v) is 3.07. The van der Waals surface area contributed by atoms with Crippen LogP contribution in [0, 0.1) is 6.92 Å². The molecule has 8 heteroatoms. The van der Waals surface area contributed by atoms with Crippen molar-refractivity contribution in [1.82, 2.24) is 10.2 Å². The third kappa shape index (κ3) is 4.02. The summed E-state index contributed by atoms with van der Waals surface area (Å²) in [4.78, 5) is 22.2. The van der Waals surface area contributed by atoms with E-state index < -0.39 is 12.0 Å². The lowest BCUT2D eigenvalue weighted by Gasteiger charge is -2.05. The summed E-state index contributed by atoms with van der Waals surface area (Å²) in [5, 5.41) is 22.6. The van der Waals surface area contributed by atoms with Gasteiger partial charge >= 0.3 is 12.0 Å². The highest BCUT2D eigenvalue weighted by molar-refractivity contribution is 7.15. The van der Waals surface area contributed by atoms with Gasteiger partial charge in [0.15, 0.2) is 0 Å². The zero-order valence-corrected chi connectivity index (χ0v) is 11.4. The molecule has 1 aromatic carbocycles. The number of carbonyl (C=O) groups excluding carboxylic acids is 1. The fourth-order valence-corrected chi connectivity index (χ4v) is 2.07. The number of aryl methyl sites for hydroxylation is 1. The van der Waals surface area contributed by atoms with Crippen molar-refractivity contribution in [3.05, 3.63) is 34.8 Å². The molecular weight excluding hydrogens is 280 g/mol. The van der Waals surface area contributed by atoms with Crippen LogP contribution in [-0.4, -0.2) is 27.3 Å². The number of rotatable bonds is 4. The van der Waals surface area contributed by atoms with Crippen LogP contribution in [0.25, 0.3) is 0 Å². The summed E-state index contributed by atoms with van der Waals surface area (Å²) in [5.41, 5.74) is 1.24. The van der Waals surface area contributed by atoms with Crippen molar-refractivity contribution in [1.29, 1.82) is 0 Å². The van der Waals surface area contributed by atoms with Crippen LogP contribution in [0.15, 0.2) is 24.3 Å². The number of benzene rings is 1. The minimum atomic E-state index is -0.893. The quantitative estimate of drug-likeness (QED) is 0.800. The second kappa shape index (κ2) is 6.11. The second-order valence-corrected chi connectivity index (χ2v) is 5.15. The van der Waals surface area contributed by atoms with Gasteiger partial charge in [0, 0.05) is 5.69 Å². The first-order chi connectivity index (χ1) is 9.52. The van der Waals surface area contributed by atoms with E-state index in [9.17, 15) is 9.59 Å². The van der Waals surface area contributed by atoms with Crippen molar-refractivity contribution in [2.75, 3.05) is 10.6 Å². The van der Waals surface area contributed by atoms with Gasteiger partial charge in [-0.15, -0.1) is 10.2 Å². The Morgan fingerprint density at radius 2 is 1.90 bits per heavy atom. The van der Waals surface area contributed by atoms with Crippen molar-refractivity contribution in [3.63, 3.8) is 0 Å². The molecule has 0 spiro atoms. The smallest absolute Gasteiger partial charge is 0.325 e. The zero-order valence-electron chi connectivity index (χ0n) is 10.6. The van der Waals surface area contributed by atoms with Gasteiger partial charge in [-0.25, -0.2) is 4.79 Å². The van der Waals surface area contributed by atoms with E-state index in [1.165, 1.54) is 11.3 Å². The van der Waals surface area contributed by atoms with Crippen molar-refractivity contribution in [2.45, 2.75) is 13.3 Å². The Bertz CT molecular complexity index is 624. The molecule has 0 saturated carbocycles. The van der Waals surface area contributed by atoms with Crippen LogP contribution < -0.4 is 10.6 Å². The topological polar surface area (TPSA) is 104 Å². The van der Waals surface area contributed by atoms with E-state index in [0.29, 0.717) is 16.4 Å². The molecule has 0 aliphatic rings. The Morgan fingerprint density at radius 3 is 2.45 bits per heavy atom. The lowest BCUT2D eigenvalue weighted by Crippen LogP contribution is -2.19. The highest BCUT2D eigenvalue weighted by atomic mass is 32.1. The minimum absolute atomic E-state index is 0.0451. The zero-order chi connectivity index (χ0) is 14.5. The van der Waals surface area contributed by atoms with Crippen LogP contribution in [0.1, 0.15) is 10.6 Å². The van der Waals surface area contributed by atoms with Crippen molar-refractivity contribution >= 4 is 34.2 Å². The van der Waals surface area contributed by atoms with Crippen LogP contribution in [0.5, 0.6) is 0 Å². The predicted molar refractivity (Wildman–Crippen MR) is 75.1 cm³/mol. The number of urea groups is 1. The second-order valence-electron chi connectivity index (χ2n) is 3.97. The number of carboxylic acid groups (broad SMARTS) is 1. The number of anilines is 2. The van der Waals surface area contributed by atoms with Crippen molar-refractivity contribution in [3.8, 4) is 0 Å². The number of aliphatic carboxylic acids is 1. The average molecular weight is 292 g/mol. The molecule has 7 nitrogen and oxygen atoms in total. The summed E-state index contributed by atoms with van der Waals surface area (Å²) in [6.07, 6.45) is -0.0451. The predicted octanol–water partition coefficient (Wildman–Crippen LogP) is 2.12. The summed E-state index contributed by atoms with van der Waals surface area (Å²) < 4.78 is 0. The Labute approximate surface area is 118 Å². The maximum absolute atomic E-state index is 11.7. The summed E-state index contributed by atoms with van der Waals surface area (Å²) in [7, 11) is 0.